The highest BCUT2D eigenvalue weighted by Crippen LogP contribution is 2.13. The molecule has 0 unspecified atom stereocenters. The molecule has 2 N–H and O–H groups in total. The van der Waals surface area contributed by atoms with Crippen LogP contribution in [0.2, 0.25) is 0 Å². The highest BCUT2D eigenvalue weighted by molar-refractivity contribution is 5.94. The minimum absolute atomic E-state index is 0.0515. The predicted octanol–water partition coefficient (Wildman–Crippen LogP) is 2.80. The van der Waals surface area contributed by atoms with Crippen LogP contribution in [0.5, 0.6) is 0 Å². The van der Waals surface area contributed by atoms with Crippen LogP contribution in [-0.4, -0.2) is 17.4 Å². The van der Waals surface area contributed by atoms with E-state index in [0.717, 1.165) is 5.56 Å². The summed E-state index contributed by atoms with van der Waals surface area (Å²) in [4.78, 5) is 14.2. The maximum absolute atomic E-state index is 12.5. The summed E-state index contributed by atoms with van der Waals surface area (Å²) in [6.07, 6.45) is 0. The first-order valence-electron chi connectivity index (χ1n) is 6.78. The molecule has 106 valence electrons. The van der Waals surface area contributed by atoms with Crippen molar-refractivity contribution in [1.29, 1.82) is 5.26 Å². The number of nitrogens with zero attached hydrogens (tertiary/aromatic N) is 2. The zero-order valence-corrected chi connectivity index (χ0v) is 11.9. The standard InChI is InChI=1S/C17H17N3O/c1-2-20(12-14-4-3-5-16(19)10-14)17(21)15-8-6-13(11-18)7-9-15/h3-10H,2,12,19H2,1H3. The molecule has 4 nitrogen and oxygen atoms in total. The van der Waals surface area contributed by atoms with Gasteiger partial charge in [0.1, 0.15) is 0 Å². The zero-order valence-electron chi connectivity index (χ0n) is 11.9. The van der Waals surface area contributed by atoms with Crippen molar-refractivity contribution in [2.24, 2.45) is 0 Å². The first-order valence-corrected chi connectivity index (χ1v) is 6.78. The molecule has 2 aromatic carbocycles. The lowest BCUT2D eigenvalue weighted by Gasteiger charge is -2.21. The van der Waals surface area contributed by atoms with Crippen molar-refractivity contribution in [2.75, 3.05) is 12.3 Å². The van der Waals surface area contributed by atoms with Gasteiger partial charge < -0.3 is 10.6 Å². The van der Waals surface area contributed by atoms with Crippen LogP contribution in [0.3, 0.4) is 0 Å². The molecule has 2 rings (SSSR count). The number of rotatable bonds is 4. The summed E-state index contributed by atoms with van der Waals surface area (Å²) in [6, 6.07) is 16.2. The van der Waals surface area contributed by atoms with E-state index in [1.54, 1.807) is 29.2 Å². The second-order valence-corrected chi connectivity index (χ2v) is 4.75. The van der Waals surface area contributed by atoms with E-state index in [1.165, 1.54) is 0 Å². The van der Waals surface area contributed by atoms with Gasteiger partial charge in [-0.3, -0.25) is 4.79 Å². The third-order valence-electron chi connectivity index (χ3n) is 3.25. The summed E-state index contributed by atoms with van der Waals surface area (Å²) < 4.78 is 0. The summed E-state index contributed by atoms with van der Waals surface area (Å²) in [5.74, 6) is -0.0515. The third-order valence-corrected chi connectivity index (χ3v) is 3.25. The van der Waals surface area contributed by atoms with E-state index in [1.807, 2.05) is 37.3 Å². The molecule has 0 saturated carbocycles. The summed E-state index contributed by atoms with van der Waals surface area (Å²) in [6.45, 7) is 3.06. The Labute approximate surface area is 124 Å². The Balaban J connectivity index is 2.16. The first-order chi connectivity index (χ1) is 10.1. The van der Waals surface area contributed by atoms with Crippen LogP contribution < -0.4 is 5.73 Å². The highest BCUT2D eigenvalue weighted by atomic mass is 16.2. The lowest BCUT2D eigenvalue weighted by molar-refractivity contribution is 0.0752. The second-order valence-electron chi connectivity index (χ2n) is 4.75. The van der Waals surface area contributed by atoms with Gasteiger partial charge in [0.15, 0.2) is 0 Å². The third kappa shape index (κ3) is 3.61. The van der Waals surface area contributed by atoms with Gasteiger partial charge in [0.2, 0.25) is 0 Å². The number of nitrogens with two attached hydrogens (primary N) is 1. The van der Waals surface area contributed by atoms with Gasteiger partial charge >= 0.3 is 0 Å². The molecule has 1 amide bonds. The largest absolute Gasteiger partial charge is 0.399 e. The molecular formula is C17H17N3O. The summed E-state index contributed by atoms with van der Waals surface area (Å²) >= 11 is 0. The van der Waals surface area contributed by atoms with Crippen LogP contribution in [-0.2, 0) is 6.54 Å². The molecule has 0 spiro atoms. The van der Waals surface area contributed by atoms with Crippen LogP contribution in [0, 0.1) is 11.3 Å². The van der Waals surface area contributed by atoms with Gasteiger partial charge in [0.25, 0.3) is 5.91 Å². The minimum Gasteiger partial charge on any atom is -0.399 e. The Kier molecular flexibility index (Phi) is 4.57. The average molecular weight is 279 g/mol. The molecule has 21 heavy (non-hydrogen) atoms. The lowest BCUT2D eigenvalue weighted by Crippen LogP contribution is -2.30. The van der Waals surface area contributed by atoms with Crippen molar-refractivity contribution in [3.8, 4) is 6.07 Å². The van der Waals surface area contributed by atoms with Crippen molar-refractivity contribution in [3.05, 3.63) is 65.2 Å². The van der Waals surface area contributed by atoms with E-state index >= 15 is 0 Å². The van der Waals surface area contributed by atoms with Crippen LogP contribution >= 0.6 is 0 Å². The monoisotopic (exact) mass is 279 g/mol. The number of carbonyl (C=O) groups is 1. The van der Waals surface area contributed by atoms with Gasteiger partial charge in [-0.25, -0.2) is 0 Å². The zero-order chi connectivity index (χ0) is 15.2. The van der Waals surface area contributed by atoms with Crippen molar-refractivity contribution in [2.45, 2.75) is 13.5 Å². The SMILES string of the molecule is CCN(Cc1cccc(N)c1)C(=O)c1ccc(C#N)cc1. The van der Waals surface area contributed by atoms with Crippen molar-refractivity contribution in [3.63, 3.8) is 0 Å². The van der Waals surface area contributed by atoms with E-state index in [-0.39, 0.29) is 5.91 Å². The van der Waals surface area contributed by atoms with Gasteiger partial charge in [-0.15, -0.1) is 0 Å². The second kappa shape index (κ2) is 6.58. The number of benzene rings is 2. The van der Waals surface area contributed by atoms with Crippen LogP contribution in [0.4, 0.5) is 5.69 Å². The number of hydrogen-bond acceptors (Lipinski definition) is 3. The van der Waals surface area contributed by atoms with Gasteiger partial charge in [-0.2, -0.15) is 5.26 Å². The van der Waals surface area contributed by atoms with Gasteiger partial charge in [0, 0.05) is 24.3 Å². The van der Waals surface area contributed by atoms with E-state index in [4.69, 9.17) is 11.0 Å². The number of nitriles is 1. The summed E-state index contributed by atoms with van der Waals surface area (Å²) in [5.41, 5.74) is 8.58. The molecule has 0 aliphatic heterocycles. The van der Waals surface area contributed by atoms with E-state index < -0.39 is 0 Å². The molecule has 0 saturated heterocycles. The predicted molar refractivity (Wildman–Crippen MR) is 82.4 cm³/mol. The number of nitrogen functional groups attached to an aromatic ring is 1. The number of anilines is 1. The molecule has 0 radical (unpaired) electrons. The molecule has 0 aromatic heterocycles. The normalized spacial score (nSPS) is 9.90. The lowest BCUT2D eigenvalue weighted by atomic mass is 10.1. The Morgan fingerprint density at radius 2 is 1.95 bits per heavy atom. The molecule has 0 aliphatic rings. The highest BCUT2D eigenvalue weighted by Gasteiger charge is 2.14. The molecule has 2 aromatic rings. The molecule has 0 aliphatic carbocycles. The maximum Gasteiger partial charge on any atom is 0.254 e. The van der Waals surface area contributed by atoms with Crippen LogP contribution in [0.15, 0.2) is 48.5 Å². The number of amides is 1. The Hall–Kier alpha value is -2.80. The van der Waals surface area contributed by atoms with Gasteiger partial charge in [-0.05, 0) is 48.9 Å². The fraction of sp³-hybridized carbons (Fsp3) is 0.176. The topological polar surface area (TPSA) is 70.1 Å². The number of carbonyl (C=O) groups excluding carboxylic acids is 1. The Morgan fingerprint density at radius 1 is 1.24 bits per heavy atom. The smallest absolute Gasteiger partial charge is 0.254 e. The molecule has 0 heterocycles. The minimum atomic E-state index is -0.0515. The first kappa shape index (κ1) is 14.6. The quantitative estimate of drug-likeness (QED) is 0.875. The molecular weight excluding hydrogens is 262 g/mol. The van der Waals surface area contributed by atoms with Crippen molar-refractivity contribution < 1.29 is 4.79 Å². The van der Waals surface area contributed by atoms with Crippen molar-refractivity contribution in [1.82, 2.24) is 4.90 Å². The molecule has 0 fully saturated rings. The molecule has 0 bridgehead atoms. The van der Waals surface area contributed by atoms with E-state index in [2.05, 4.69) is 0 Å². The average Bonchev–Trinajstić information content (AvgIpc) is 2.52. The maximum atomic E-state index is 12.5. The van der Waals surface area contributed by atoms with E-state index in [0.29, 0.717) is 29.9 Å². The fourth-order valence-electron chi connectivity index (χ4n) is 2.11. The van der Waals surface area contributed by atoms with Gasteiger partial charge in [0.05, 0.1) is 11.6 Å². The van der Waals surface area contributed by atoms with E-state index in [9.17, 15) is 4.79 Å². The summed E-state index contributed by atoms with van der Waals surface area (Å²) in [5, 5.41) is 8.79. The molecule has 4 heteroatoms. The number of hydrogen-bond donors (Lipinski definition) is 1. The Bertz CT molecular complexity index is 671. The van der Waals surface area contributed by atoms with Crippen LogP contribution in [0.1, 0.15) is 28.4 Å². The molecule has 0 atom stereocenters. The van der Waals surface area contributed by atoms with Crippen LogP contribution in [0.25, 0.3) is 0 Å². The summed E-state index contributed by atoms with van der Waals surface area (Å²) in [7, 11) is 0. The fourth-order valence-corrected chi connectivity index (χ4v) is 2.11. The Morgan fingerprint density at radius 3 is 2.52 bits per heavy atom. The van der Waals surface area contributed by atoms with Crippen molar-refractivity contribution >= 4 is 11.6 Å². The van der Waals surface area contributed by atoms with Gasteiger partial charge in [-0.1, -0.05) is 12.1 Å².